The van der Waals surface area contributed by atoms with Crippen molar-refractivity contribution in [3.05, 3.63) is 16.1 Å². The molecule has 3 nitrogen and oxygen atoms in total. The van der Waals surface area contributed by atoms with E-state index in [0.717, 1.165) is 36.0 Å². The number of thiazole rings is 1. The lowest BCUT2D eigenvalue weighted by Gasteiger charge is -1.97. The molecule has 1 aromatic heterocycles. The molecule has 0 radical (unpaired) electrons. The molecule has 1 aromatic rings. The Morgan fingerprint density at radius 1 is 1.67 bits per heavy atom. The summed E-state index contributed by atoms with van der Waals surface area (Å²) in [6.07, 6.45) is 0.865. The molecule has 0 spiro atoms. The van der Waals surface area contributed by atoms with Crippen molar-refractivity contribution in [3.63, 3.8) is 0 Å². The Hall–Kier alpha value is -0.900. The minimum absolute atomic E-state index is 0.865. The van der Waals surface area contributed by atoms with Gasteiger partial charge in [0.1, 0.15) is 5.84 Å². The molecule has 0 saturated heterocycles. The maximum Gasteiger partial charge on any atom is 0.102 e. The molecule has 1 aliphatic heterocycles. The molecule has 2 heterocycles. The third kappa shape index (κ3) is 1.64. The van der Waals surface area contributed by atoms with Crippen molar-refractivity contribution >= 4 is 17.2 Å². The first kappa shape index (κ1) is 7.73. The minimum atomic E-state index is 0.865. The monoisotopic (exact) mass is 181 g/mol. The van der Waals surface area contributed by atoms with Crippen molar-refractivity contribution < 1.29 is 0 Å². The number of nitrogens with one attached hydrogen (secondary N) is 1. The van der Waals surface area contributed by atoms with Gasteiger partial charge in [0.25, 0.3) is 0 Å². The summed E-state index contributed by atoms with van der Waals surface area (Å²) in [4.78, 5) is 8.68. The lowest BCUT2D eigenvalue weighted by molar-refractivity contribution is 0.950. The Bertz CT molecular complexity index is 303. The number of hydrogen-bond acceptors (Lipinski definition) is 4. The fraction of sp³-hybridized carbons (Fsp3) is 0.500. The molecule has 0 unspecified atom stereocenters. The molecule has 0 bridgehead atoms. The van der Waals surface area contributed by atoms with Crippen LogP contribution in [-0.4, -0.2) is 23.9 Å². The predicted molar refractivity (Wildman–Crippen MR) is 50.9 cm³/mol. The van der Waals surface area contributed by atoms with Crippen LogP contribution >= 0.6 is 11.3 Å². The van der Waals surface area contributed by atoms with Crippen LogP contribution in [0.15, 0.2) is 10.4 Å². The Balaban J connectivity index is 2.03. The summed E-state index contributed by atoms with van der Waals surface area (Å²) < 4.78 is 0. The van der Waals surface area contributed by atoms with E-state index in [2.05, 4.69) is 20.7 Å². The van der Waals surface area contributed by atoms with Gasteiger partial charge < -0.3 is 5.32 Å². The van der Waals surface area contributed by atoms with E-state index in [0.29, 0.717) is 0 Å². The fourth-order valence-electron chi connectivity index (χ4n) is 1.23. The van der Waals surface area contributed by atoms with Gasteiger partial charge in [0, 0.05) is 18.3 Å². The quantitative estimate of drug-likeness (QED) is 0.739. The average molecular weight is 181 g/mol. The highest BCUT2D eigenvalue weighted by Gasteiger charge is 2.07. The summed E-state index contributed by atoms with van der Waals surface area (Å²) >= 11 is 1.69. The molecule has 4 heteroatoms. The van der Waals surface area contributed by atoms with Crippen LogP contribution in [0.5, 0.6) is 0 Å². The van der Waals surface area contributed by atoms with E-state index in [9.17, 15) is 0 Å². The molecule has 0 atom stereocenters. The van der Waals surface area contributed by atoms with Crippen LogP contribution in [0.3, 0.4) is 0 Å². The van der Waals surface area contributed by atoms with Crippen molar-refractivity contribution in [1.29, 1.82) is 0 Å². The zero-order chi connectivity index (χ0) is 8.39. The van der Waals surface area contributed by atoms with Crippen molar-refractivity contribution in [3.8, 4) is 0 Å². The highest BCUT2D eigenvalue weighted by atomic mass is 32.1. The molecule has 0 fully saturated rings. The van der Waals surface area contributed by atoms with Crippen LogP contribution < -0.4 is 5.32 Å². The van der Waals surface area contributed by atoms with E-state index < -0.39 is 0 Å². The molecule has 2 rings (SSSR count). The summed E-state index contributed by atoms with van der Waals surface area (Å²) in [6, 6.07) is 0. The lowest BCUT2D eigenvalue weighted by Crippen LogP contribution is -2.20. The van der Waals surface area contributed by atoms with Crippen molar-refractivity contribution in [2.45, 2.75) is 13.3 Å². The van der Waals surface area contributed by atoms with Gasteiger partial charge in [-0.1, -0.05) is 0 Å². The van der Waals surface area contributed by atoms with Gasteiger partial charge in [-0.3, -0.25) is 4.99 Å². The summed E-state index contributed by atoms with van der Waals surface area (Å²) in [5, 5.41) is 6.45. The van der Waals surface area contributed by atoms with Crippen LogP contribution in [0.25, 0.3) is 0 Å². The number of aromatic nitrogens is 1. The average Bonchev–Trinajstić information content (AvgIpc) is 2.63. The molecule has 0 saturated carbocycles. The van der Waals surface area contributed by atoms with E-state index in [-0.39, 0.29) is 0 Å². The Morgan fingerprint density at radius 3 is 3.17 bits per heavy atom. The van der Waals surface area contributed by atoms with E-state index >= 15 is 0 Å². The summed E-state index contributed by atoms with van der Waals surface area (Å²) in [5.41, 5.74) is 1.13. The molecule has 64 valence electrons. The van der Waals surface area contributed by atoms with Gasteiger partial charge in [0.15, 0.2) is 0 Å². The second kappa shape index (κ2) is 3.23. The largest absolute Gasteiger partial charge is 0.372 e. The first-order chi connectivity index (χ1) is 5.84. The predicted octanol–water partition coefficient (Wildman–Crippen LogP) is 0.996. The first-order valence-corrected chi connectivity index (χ1v) is 4.91. The third-order valence-electron chi connectivity index (χ3n) is 1.76. The Kier molecular flexibility index (Phi) is 2.08. The van der Waals surface area contributed by atoms with Crippen LogP contribution in [0.1, 0.15) is 10.7 Å². The summed E-state index contributed by atoms with van der Waals surface area (Å²) in [6.45, 7) is 3.93. The number of nitrogens with zero attached hydrogens (tertiary/aromatic N) is 2. The Morgan fingerprint density at radius 2 is 2.58 bits per heavy atom. The topological polar surface area (TPSA) is 37.3 Å². The minimum Gasteiger partial charge on any atom is -0.372 e. The second-order valence-corrected chi connectivity index (χ2v) is 3.85. The zero-order valence-corrected chi connectivity index (χ0v) is 7.82. The maximum atomic E-state index is 4.37. The second-order valence-electron chi connectivity index (χ2n) is 2.79. The van der Waals surface area contributed by atoms with Crippen LogP contribution in [0.2, 0.25) is 0 Å². The molecular weight excluding hydrogens is 170 g/mol. The van der Waals surface area contributed by atoms with Gasteiger partial charge in [-0.25, -0.2) is 4.98 Å². The van der Waals surface area contributed by atoms with E-state index in [1.165, 1.54) is 0 Å². The van der Waals surface area contributed by atoms with E-state index in [1.807, 2.05) is 6.92 Å². The number of aliphatic imine (C=N–C) groups is 1. The molecule has 1 N–H and O–H groups in total. The number of amidine groups is 1. The highest BCUT2D eigenvalue weighted by Crippen LogP contribution is 2.09. The summed E-state index contributed by atoms with van der Waals surface area (Å²) in [7, 11) is 0. The molecule has 0 aromatic carbocycles. The fourth-order valence-corrected chi connectivity index (χ4v) is 1.84. The molecule has 1 aliphatic rings. The normalized spacial score (nSPS) is 15.9. The molecule has 12 heavy (non-hydrogen) atoms. The van der Waals surface area contributed by atoms with Crippen LogP contribution in [-0.2, 0) is 6.42 Å². The van der Waals surface area contributed by atoms with Gasteiger partial charge in [-0.15, -0.1) is 11.3 Å². The standard InChI is InChI=1S/C8H11N3S/c1-6-11-7(5-12-6)4-8-9-2-3-10-8/h5H,2-4H2,1H3,(H,9,10). The smallest absolute Gasteiger partial charge is 0.102 e. The zero-order valence-electron chi connectivity index (χ0n) is 7.00. The highest BCUT2D eigenvalue weighted by molar-refractivity contribution is 7.09. The van der Waals surface area contributed by atoms with E-state index in [4.69, 9.17) is 0 Å². The van der Waals surface area contributed by atoms with E-state index in [1.54, 1.807) is 11.3 Å². The first-order valence-electron chi connectivity index (χ1n) is 4.03. The van der Waals surface area contributed by atoms with Gasteiger partial charge >= 0.3 is 0 Å². The summed E-state index contributed by atoms with van der Waals surface area (Å²) in [5.74, 6) is 1.08. The Labute approximate surface area is 75.6 Å². The van der Waals surface area contributed by atoms with Crippen molar-refractivity contribution in [1.82, 2.24) is 10.3 Å². The van der Waals surface area contributed by atoms with Crippen LogP contribution in [0, 0.1) is 6.92 Å². The van der Waals surface area contributed by atoms with Crippen molar-refractivity contribution in [2.24, 2.45) is 4.99 Å². The lowest BCUT2D eigenvalue weighted by atomic mass is 10.3. The SMILES string of the molecule is Cc1nc(CC2=NCCN2)cs1. The van der Waals surface area contributed by atoms with Crippen LogP contribution in [0.4, 0.5) is 0 Å². The molecule has 0 aliphatic carbocycles. The third-order valence-corrected chi connectivity index (χ3v) is 2.58. The number of hydrogen-bond donors (Lipinski definition) is 1. The van der Waals surface area contributed by atoms with Crippen molar-refractivity contribution in [2.75, 3.05) is 13.1 Å². The van der Waals surface area contributed by atoms with Gasteiger partial charge in [0.05, 0.1) is 17.2 Å². The van der Waals surface area contributed by atoms with Gasteiger partial charge in [-0.2, -0.15) is 0 Å². The number of aryl methyl sites for hydroxylation is 1. The molecule has 0 amide bonds. The van der Waals surface area contributed by atoms with Gasteiger partial charge in [-0.05, 0) is 6.92 Å². The maximum absolute atomic E-state index is 4.37. The number of rotatable bonds is 2. The molecular formula is C8H11N3S. The van der Waals surface area contributed by atoms with Gasteiger partial charge in [0.2, 0.25) is 0 Å².